The van der Waals surface area contributed by atoms with Crippen LogP contribution in [0.25, 0.3) is 4.96 Å². The Morgan fingerprint density at radius 1 is 1.18 bits per heavy atom. The zero-order valence-electron chi connectivity index (χ0n) is 14.8. The summed E-state index contributed by atoms with van der Waals surface area (Å²) in [5.74, 6) is 0. The van der Waals surface area contributed by atoms with E-state index in [-0.39, 0.29) is 6.61 Å². The fourth-order valence-corrected chi connectivity index (χ4v) is 4.72. The molecule has 0 atom stereocenters. The minimum atomic E-state index is 0.195. The lowest BCUT2D eigenvalue weighted by molar-refractivity contribution is 0.132. The van der Waals surface area contributed by atoms with Gasteiger partial charge in [-0.2, -0.15) is 0 Å². The lowest BCUT2D eigenvalue weighted by atomic mass is 10.2. The van der Waals surface area contributed by atoms with Crippen molar-refractivity contribution in [3.05, 3.63) is 80.9 Å². The summed E-state index contributed by atoms with van der Waals surface area (Å²) in [4.78, 5) is 12.2. The molecule has 2 aromatic heterocycles. The van der Waals surface area contributed by atoms with Crippen molar-refractivity contribution in [2.75, 3.05) is 0 Å². The Hall–Kier alpha value is -1.99. The van der Waals surface area contributed by atoms with E-state index >= 15 is 0 Å². The number of oxime groups is 1. The highest BCUT2D eigenvalue weighted by molar-refractivity contribution is 7.99. The molecule has 0 aliphatic carbocycles. The SMILES string of the molecule is Cc1ccc(Sc2nc3sccn3c2/C=N\OCc2c(Cl)cccc2Cl)cc1. The van der Waals surface area contributed by atoms with Crippen LogP contribution in [0.3, 0.4) is 0 Å². The molecule has 0 saturated carbocycles. The number of rotatable bonds is 6. The summed E-state index contributed by atoms with van der Waals surface area (Å²) >= 11 is 15.5. The maximum absolute atomic E-state index is 6.17. The summed E-state index contributed by atoms with van der Waals surface area (Å²) in [6.45, 7) is 2.27. The zero-order valence-corrected chi connectivity index (χ0v) is 17.9. The van der Waals surface area contributed by atoms with E-state index in [9.17, 15) is 0 Å². The first-order chi connectivity index (χ1) is 13.6. The summed E-state index contributed by atoms with van der Waals surface area (Å²) in [5.41, 5.74) is 2.81. The van der Waals surface area contributed by atoms with Crippen molar-refractivity contribution >= 4 is 57.5 Å². The van der Waals surface area contributed by atoms with Crippen molar-refractivity contribution in [2.45, 2.75) is 23.5 Å². The molecule has 0 radical (unpaired) electrons. The van der Waals surface area contributed by atoms with Crippen molar-refractivity contribution in [3.63, 3.8) is 0 Å². The van der Waals surface area contributed by atoms with Crippen molar-refractivity contribution in [1.29, 1.82) is 0 Å². The Bertz CT molecular complexity index is 1120. The van der Waals surface area contributed by atoms with Crippen LogP contribution in [0.2, 0.25) is 10.0 Å². The number of imidazole rings is 1. The molecule has 0 saturated heterocycles. The van der Waals surface area contributed by atoms with E-state index < -0.39 is 0 Å². The summed E-state index contributed by atoms with van der Waals surface area (Å²) in [6.07, 6.45) is 3.65. The molecule has 0 N–H and O–H groups in total. The summed E-state index contributed by atoms with van der Waals surface area (Å²) in [7, 11) is 0. The molecular weight excluding hydrogens is 433 g/mol. The first kappa shape index (κ1) is 19.3. The molecule has 0 amide bonds. The van der Waals surface area contributed by atoms with Crippen LogP contribution in [0.1, 0.15) is 16.8 Å². The Morgan fingerprint density at radius 2 is 1.93 bits per heavy atom. The van der Waals surface area contributed by atoms with Crippen LogP contribution in [0, 0.1) is 6.92 Å². The standard InChI is InChI=1S/C20H15Cl2N3OS2/c1-13-5-7-14(8-6-13)28-19-18(25-9-10-27-20(25)24-19)11-23-26-12-15-16(21)3-2-4-17(15)22/h2-11H,12H2,1H3/b23-11-. The fraction of sp³-hybridized carbons (Fsp3) is 0.100. The highest BCUT2D eigenvalue weighted by atomic mass is 35.5. The second-order valence-electron chi connectivity index (χ2n) is 5.98. The molecule has 4 nitrogen and oxygen atoms in total. The molecule has 0 aliphatic heterocycles. The van der Waals surface area contributed by atoms with Crippen LogP contribution >= 0.6 is 46.3 Å². The topological polar surface area (TPSA) is 38.9 Å². The molecule has 2 heterocycles. The molecule has 2 aromatic carbocycles. The summed E-state index contributed by atoms with van der Waals surface area (Å²) in [5, 5.41) is 8.11. The molecular formula is C20H15Cl2N3OS2. The second kappa shape index (κ2) is 8.57. The predicted molar refractivity (Wildman–Crippen MR) is 117 cm³/mol. The number of aryl methyl sites for hydroxylation is 1. The van der Waals surface area contributed by atoms with Crippen LogP contribution in [0.4, 0.5) is 0 Å². The average Bonchev–Trinajstić information content (AvgIpc) is 3.24. The monoisotopic (exact) mass is 447 g/mol. The molecule has 4 aromatic rings. The number of aromatic nitrogens is 2. The van der Waals surface area contributed by atoms with Crippen molar-refractivity contribution < 1.29 is 4.84 Å². The van der Waals surface area contributed by atoms with E-state index in [0.29, 0.717) is 15.6 Å². The van der Waals surface area contributed by atoms with Crippen molar-refractivity contribution in [3.8, 4) is 0 Å². The van der Waals surface area contributed by atoms with E-state index in [4.69, 9.17) is 33.0 Å². The van der Waals surface area contributed by atoms with Crippen molar-refractivity contribution in [1.82, 2.24) is 9.38 Å². The highest BCUT2D eigenvalue weighted by Crippen LogP contribution is 2.31. The summed E-state index contributed by atoms with van der Waals surface area (Å²) < 4.78 is 2.00. The van der Waals surface area contributed by atoms with Crippen LogP contribution in [-0.2, 0) is 11.4 Å². The zero-order chi connectivity index (χ0) is 19.5. The number of benzene rings is 2. The normalized spacial score (nSPS) is 11.5. The average molecular weight is 448 g/mol. The van der Waals surface area contributed by atoms with Gasteiger partial charge in [0.15, 0.2) is 4.96 Å². The van der Waals surface area contributed by atoms with E-state index in [2.05, 4.69) is 36.3 Å². The number of nitrogens with zero attached hydrogens (tertiary/aromatic N) is 3. The van der Waals surface area contributed by atoms with Gasteiger partial charge in [-0.3, -0.25) is 4.40 Å². The highest BCUT2D eigenvalue weighted by Gasteiger charge is 2.13. The maximum Gasteiger partial charge on any atom is 0.195 e. The van der Waals surface area contributed by atoms with E-state index in [1.54, 1.807) is 47.5 Å². The number of hydrogen-bond donors (Lipinski definition) is 0. The van der Waals surface area contributed by atoms with Gasteiger partial charge in [-0.15, -0.1) is 11.3 Å². The molecule has 0 unspecified atom stereocenters. The molecule has 28 heavy (non-hydrogen) atoms. The quantitative estimate of drug-likeness (QED) is 0.243. The van der Waals surface area contributed by atoms with Crippen LogP contribution in [-0.4, -0.2) is 15.6 Å². The Kier molecular flexibility index (Phi) is 5.92. The Balaban J connectivity index is 1.54. The lowest BCUT2D eigenvalue weighted by Crippen LogP contribution is -1.94. The van der Waals surface area contributed by atoms with Crippen molar-refractivity contribution in [2.24, 2.45) is 5.16 Å². The minimum absolute atomic E-state index is 0.195. The third-order valence-electron chi connectivity index (χ3n) is 4.02. The largest absolute Gasteiger partial charge is 0.391 e. The van der Waals surface area contributed by atoms with Gasteiger partial charge in [0, 0.05) is 32.1 Å². The van der Waals surface area contributed by atoms with Crippen LogP contribution in [0.15, 0.2) is 69.1 Å². The van der Waals surface area contributed by atoms with Gasteiger partial charge in [-0.25, -0.2) is 4.98 Å². The molecule has 0 fully saturated rings. The van der Waals surface area contributed by atoms with Crippen LogP contribution < -0.4 is 0 Å². The van der Waals surface area contributed by atoms with Gasteiger partial charge in [0.1, 0.15) is 17.3 Å². The van der Waals surface area contributed by atoms with Gasteiger partial charge in [-0.1, -0.05) is 63.9 Å². The van der Waals surface area contributed by atoms with Gasteiger partial charge in [0.25, 0.3) is 0 Å². The first-order valence-corrected chi connectivity index (χ1v) is 10.9. The van der Waals surface area contributed by atoms with Gasteiger partial charge in [0.05, 0.1) is 6.21 Å². The lowest BCUT2D eigenvalue weighted by Gasteiger charge is -2.05. The summed E-state index contributed by atoms with van der Waals surface area (Å²) in [6, 6.07) is 13.7. The fourth-order valence-electron chi connectivity index (χ4n) is 2.55. The Labute approximate surface area is 180 Å². The second-order valence-corrected chi connectivity index (χ2v) is 8.73. The molecule has 0 aliphatic rings. The van der Waals surface area contributed by atoms with Gasteiger partial charge in [-0.05, 0) is 31.2 Å². The number of halogens is 2. The Morgan fingerprint density at radius 3 is 2.68 bits per heavy atom. The molecule has 0 spiro atoms. The smallest absolute Gasteiger partial charge is 0.195 e. The number of fused-ring (bicyclic) bond motifs is 1. The van der Waals surface area contributed by atoms with Gasteiger partial charge < -0.3 is 4.84 Å². The van der Waals surface area contributed by atoms with Crippen LogP contribution in [0.5, 0.6) is 0 Å². The van der Waals surface area contributed by atoms with E-state index in [0.717, 1.165) is 20.6 Å². The van der Waals surface area contributed by atoms with Gasteiger partial charge >= 0.3 is 0 Å². The number of thiazole rings is 1. The maximum atomic E-state index is 6.17. The molecule has 8 heteroatoms. The molecule has 0 bridgehead atoms. The molecule has 142 valence electrons. The molecule has 4 rings (SSSR count). The minimum Gasteiger partial charge on any atom is -0.391 e. The predicted octanol–water partition coefficient (Wildman–Crippen LogP) is 6.71. The van der Waals surface area contributed by atoms with E-state index in [1.807, 2.05) is 16.0 Å². The van der Waals surface area contributed by atoms with E-state index in [1.165, 1.54) is 5.56 Å². The first-order valence-electron chi connectivity index (χ1n) is 8.40. The van der Waals surface area contributed by atoms with Gasteiger partial charge in [0.2, 0.25) is 0 Å². The third kappa shape index (κ3) is 4.20. The number of hydrogen-bond acceptors (Lipinski definition) is 5. The third-order valence-corrected chi connectivity index (χ3v) is 6.49.